The minimum atomic E-state index is -0.544. The highest BCUT2D eigenvalue weighted by molar-refractivity contribution is 5.92. The number of rotatable bonds is 6. The summed E-state index contributed by atoms with van der Waals surface area (Å²) in [6, 6.07) is 16.7. The number of nitrogens with zero attached hydrogens (tertiary/aromatic N) is 1. The zero-order chi connectivity index (χ0) is 18.4. The summed E-state index contributed by atoms with van der Waals surface area (Å²) in [5.41, 5.74) is 3.02. The van der Waals surface area contributed by atoms with Gasteiger partial charge in [-0.3, -0.25) is 9.59 Å². The number of amides is 1. The molecule has 3 aromatic rings. The molecule has 26 heavy (non-hydrogen) atoms. The first-order valence-electron chi connectivity index (χ1n) is 8.12. The summed E-state index contributed by atoms with van der Waals surface area (Å²) >= 11 is 0. The molecule has 0 atom stereocenters. The number of carbonyl (C=O) groups excluding carboxylic acids is 2. The molecule has 1 aromatic heterocycles. The molecule has 0 aliphatic carbocycles. The molecule has 1 heterocycles. The summed E-state index contributed by atoms with van der Waals surface area (Å²) in [7, 11) is 0. The number of esters is 1. The highest BCUT2D eigenvalue weighted by atomic mass is 16.5. The molecule has 1 N–H and O–H groups in total. The number of hydrogen-bond acceptors (Lipinski definition) is 5. The van der Waals surface area contributed by atoms with Crippen LogP contribution >= 0.6 is 0 Å². The van der Waals surface area contributed by atoms with E-state index in [1.54, 1.807) is 12.1 Å². The van der Waals surface area contributed by atoms with Crippen molar-refractivity contribution < 1.29 is 18.7 Å². The fraction of sp³-hybridized carbons (Fsp3) is 0.150. The predicted molar refractivity (Wildman–Crippen MR) is 96.4 cm³/mol. The molecular formula is C20H18N2O4. The molecular weight excluding hydrogens is 332 g/mol. The lowest BCUT2D eigenvalue weighted by atomic mass is 10.2. The number of oxazole rings is 1. The predicted octanol–water partition coefficient (Wildman–Crippen LogP) is 3.37. The van der Waals surface area contributed by atoms with Crippen molar-refractivity contribution in [3.8, 4) is 11.5 Å². The highest BCUT2D eigenvalue weighted by Crippen LogP contribution is 2.18. The van der Waals surface area contributed by atoms with Crippen LogP contribution in [-0.2, 0) is 20.7 Å². The first-order valence-corrected chi connectivity index (χ1v) is 8.12. The van der Waals surface area contributed by atoms with Crippen molar-refractivity contribution in [3.63, 3.8) is 0 Å². The Morgan fingerprint density at radius 3 is 2.54 bits per heavy atom. The Balaban J connectivity index is 1.47. The Bertz CT molecular complexity index is 886. The molecule has 0 aliphatic heterocycles. The van der Waals surface area contributed by atoms with E-state index >= 15 is 0 Å². The zero-order valence-corrected chi connectivity index (χ0v) is 14.3. The van der Waals surface area contributed by atoms with Crippen LogP contribution in [0.4, 0.5) is 5.69 Å². The maximum atomic E-state index is 11.9. The Hall–Kier alpha value is -3.41. The van der Waals surface area contributed by atoms with Gasteiger partial charge < -0.3 is 14.5 Å². The molecule has 0 saturated heterocycles. The van der Waals surface area contributed by atoms with Gasteiger partial charge in [-0.05, 0) is 31.2 Å². The van der Waals surface area contributed by atoms with Crippen molar-refractivity contribution in [1.82, 2.24) is 4.98 Å². The van der Waals surface area contributed by atoms with E-state index in [1.807, 2.05) is 49.4 Å². The normalized spacial score (nSPS) is 10.3. The van der Waals surface area contributed by atoms with E-state index in [-0.39, 0.29) is 13.0 Å². The number of aryl methyl sites for hydroxylation is 1. The lowest BCUT2D eigenvalue weighted by molar-refractivity contribution is -0.146. The van der Waals surface area contributed by atoms with Gasteiger partial charge in [-0.15, -0.1) is 0 Å². The number of carbonyl (C=O) groups is 2. The average Bonchev–Trinajstić information content (AvgIpc) is 3.11. The third-order valence-electron chi connectivity index (χ3n) is 3.60. The molecule has 6 nitrogen and oxygen atoms in total. The van der Waals surface area contributed by atoms with E-state index in [9.17, 15) is 9.59 Å². The van der Waals surface area contributed by atoms with Crippen LogP contribution in [0.25, 0.3) is 11.5 Å². The summed E-state index contributed by atoms with van der Waals surface area (Å²) < 4.78 is 10.4. The van der Waals surface area contributed by atoms with Gasteiger partial charge in [0.1, 0.15) is 6.26 Å². The van der Waals surface area contributed by atoms with Crippen LogP contribution in [-0.4, -0.2) is 23.5 Å². The SMILES string of the molecule is Cc1ccc(NC(=O)COC(=O)Cc2coc(-c3ccccc3)n2)cc1. The second-order valence-corrected chi connectivity index (χ2v) is 5.76. The Morgan fingerprint density at radius 1 is 1.08 bits per heavy atom. The number of anilines is 1. The maximum absolute atomic E-state index is 11.9. The van der Waals surface area contributed by atoms with Crippen LogP contribution in [0.5, 0.6) is 0 Å². The quantitative estimate of drug-likeness (QED) is 0.689. The number of nitrogens with one attached hydrogen (secondary N) is 1. The zero-order valence-electron chi connectivity index (χ0n) is 14.3. The first-order chi connectivity index (χ1) is 12.6. The summed E-state index contributed by atoms with van der Waals surface area (Å²) in [6.45, 7) is 1.61. The van der Waals surface area contributed by atoms with Gasteiger partial charge in [0.25, 0.3) is 5.91 Å². The second kappa shape index (κ2) is 8.11. The highest BCUT2D eigenvalue weighted by Gasteiger charge is 2.13. The van der Waals surface area contributed by atoms with E-state index in [1.165, 1.54) is 6.26 Å². The van der Waals surface area contributed by atoms with Crippen LogP contribution in [0.3, 0.4) is 0 Å². The number of benzene rings is 2. The molecule has 0 saturated carbocycles. The van der Waals surface area contributed by atoms with E-state index in [4.69, 9.17) is 9.15 Å². The number of hydrogen-bond donors (Lipinski definition) is 1. The van der Waals surface area contributed by atoms with Crippen molar-refractivity contribution in [2.75, 3.05) is 11.9 Å². The van der Waals surface area contributed by atoms with Crippen LogP contribution in [0.1, 0.15) is 11.3 Å². The molecule has 1 amide bonds. The van der Waals surface area contributed by atoms with Crippen LogP contribution in [0.2, 0.25) is 0 Å². The van der Waals surface area contributed by atoms with Gasteiger partial charge >= 0.3 is 5.97 Å². The lowest BCUT2D eigenvalue weighted by Gasteiger charge is -2.06. The summed E-state index contributed by atoms with van der Waals surface area (Å²) in [4.78, 5) is 28.0. The summed E-state index contributed by atoms with van der Waals surface area (Å²) in [5.74, 6) is -0.505. The van der Waals surface area contributed by atoms with Crippen molar-refractivity contribution in [1.29, 1.82) is 0 Å². The van der Waals surface area contributed by atoms with Gasteiger partial charge in [0.05, 0.1) is 12.1 Å². The molecule has 0 aliphatic rings. The molecule has 132 valence electrons. The first kappa shape index (κ1) is 17.4. The van der Waals surface area contributed by atoms with Gasteiger partial charge in [0.15, 0.2) is 6.61 Å². The van der Waals surface area contributed by atoms with E-state index in [2.05, 4.69) is 10.3 Å². The van der Waals surface area contributed by atoms with Crippen LogP contribution in [0.15, 0.2) is 65.3 Å². The van der Waals surface area contributed by atoms with Gasteiger partial charge in [0, 0.05) is 11.3 Å². The third-order valence-corrected chi connectivity index (χ3v) is 3.60. The lowest BCUT2D eigenvalue weighted by Crippen LogP contribution is -2.21. The standard InChI is InChI=1S/C20H18N2O4/c1-14-7-9-16(10-8-14)21-18(23)13-25-19(24)11-17-12-26-20(22-17)15-5-3-2-4-6-15/h2-10,12H,11,13H2,1H3,(H,21,23). The monoisotopic (exact) mass is 350 g/mol. The van der Waals surface area contributed by atoms with E-state index in [0.717, 1.165) is 11.1 Å². The molecule has 6 heteroatoms. The topological polar surface area (TPSA) is 81.4 Å². The van der Waals surface area contributed by atoms with Gasteiger partial charge in [-0.25, -0.2) is 4.98 Å². The Labute approximate surface area is 150 Å². The minimum Gasteiger partial charge on any atom is -0.455 e. The fourth-order valence-corrected chi connectivity index (χ4v) is 2.28. The summed E-state index contributed by atoms with van der Waals surface area (Å²) in [6.07, 6.45) is 1.35. The van der Waals surface area contributed by atoms with E-state index < -0.39 is 11.9 Å². The summed E-state index contributed by atoms with van der Waals surface area (Å²) in [5, 5.41) is 2.66. The van der Waals surface area contributed by atoms with Crippen LogP contribution < -0.4 is 5.32 Å². The smallest absolute Gasteiger partial charge is 0.312 e. The van der Waals surface area contributed by atoms with Crippen molar-refractivity contribution in [2.45, 2.75) is 13.3 Å². The van der Waals surface area contributed by atoms with Crippen molar-refractivity contribution in [3.05, 3.63) is 72.1 Å². The molecule has 3 rings (SSSR count). The van der Waals surface area contributed by atoms with Crippen LogP contribution in [0, 0.1) is 6.92 Å². The van der Waals surface area contributed by atoms with Gasteiger partial charge in [0.2, 0.25) is 5.89 Å². The van der Waals surface area contributed by atoms with Crippen molar-refractivity contribution >= 4 is 17.6 Å². The molecule has 0 spiro atoms. The third kappa shape index (κ3) is 4.80. The molecule has 0 unspecified atom stereocenters. The minimum absolute atomic E-state index is 0.0614. The fourth-order valence-electron chi connectivity index (χ4n) is 2.28. The maximum Gasteiger partial charge on any atom is 0.312 e. The van der Waals surface area contributed by atoms with Crippen molar-refractivity contribution in [2.24, 2.45) is 0 Å². The second-order valence-electron chi connectivity index (χ2n) is 5.76. The molecule has 0 bridgehead atoms. The Morgan fingerprint density at radius 2 is 1.81 bits per heavy atom. The molecule has 2 aromatic carbocycles. The van der Waals surface area contributed by atoms with Gasteiger partial charge in [-0.2, -0.15) is 0 Å². The molecule has 0 radical (unpaired) electrons. The van der Waals surface area contributed by atoms with E-state index in [0.29, 0.717) is 17.3 Å². The molecule has 0 fully saturated rings. The van der Waals surface area contributed by atoms with Gasteiger partial charge in [-0.1, -0.05) is 35.9 Å². The Kier molecular flexibility index (Phi) is 5.43. The largest absolute Gasteiger partial charge is 0.455 e. The number of aromatic nitrogens is 1. The average molecular weight is 350 g/mol. The number of ether oxygens (including phenoxy) is 1.